The molecule has 0 N–H and O–H groups in total. The molecule has 0 atom stereocenters. The number of nitrogens with zero attached hydrogens (tertiary/aromatic N) is 4. The number of fused-ring (bicyclic) bond motifs is 2. The fourth-order valence-electron chi connectivity index (χ4n) is 2.45. The summed E-state index contributed by atoms with van der Waals surface area (Å²) in [6.45, 7) is 0. The lowest BCUT2D eigenvalue weighted by Gasteiger charge is -2.04. The molecule has 3 aromatic rings. The second-order valence-electron chi connectivity index (χ2n) is 5.31. The van der Waals surface area contributed by atoms with Crippen LogP contribution in [0.5, 0.6) is 5.75 Å². The monoisotopic (exact) mass is 326 g/mol. The molecule has 1 aliphatic heterocycles. The summed E-state index contributed by atoms with van der Waals surface area (Å²) >= 11 is 0. The predicted octanol–water partition coefficient (Wildman–Crippen LogP) is 2.85. The van der Waals surface area contributed by atoms with Crippen molar-refractivity contribution < 1.29 is 4.74 Å². The third-order valence-corrected chi connectivity index (χ3v) is 3.64. The molecule has 120 valence electrons. The van der Waals surface area contributed by atoms with E-state index in [1.54, 1.807) is 24.8 Å². The van der Waals surface area contributed by atoms with E-state index in [1.165, 1.54) is 6.33 Å². The topological polar surface area (TPSA) is 59.7 Å². The van der Waals surface area contributed by atoms with Crippen molar-refractivity contribution in [3.05, 3.63) is 83.9 Å². The van der Waals surface area contributed by atoms with Crippen molar-refractivity contribution in [2.75, 3.05) is 0 Å². The summed E-state index contributed by atoms with van der Waals surface area (Å²) in [5.41, 5.74) is 0.814. The summed E-state index contributed by atoms with van der Waals surface area (Å²) in [4.78, 5) is 17.7. The molecule has 2 bridgehead atoms. The van der Waals surface area contributed by atoms with Gasteiger partial charge in [0.15, 0.2) is 5.82 Å². The molecule has 0 fully saturated rings. The minimum atomic E-state index is 0.595. The molecule has 2 heterocycles. The van der Waals surface area contributed by atoms with E-state index in [1.807, 2.05) is 54.6 Å². The van der Waals surface area contributed by atoms with Gasteiger partial charge in [-0.05, 0) is 36.4 Å². The van der Waals surface area contributed by atoms with Crippen molar-refractivity contribution in [2.24, 2.45) is 9.98 Å². The highest BCUT2D eigenvalue weighted by Gasteiger charge is 2.04. The zero-order chi connectivity index (χ0) is 16.9. The van der Waals surface area contributed by atoms with Crippen LogP contribution in [0.25, 0.3) is 17.1 Å². The van der Waals surface area contributed by atoms with Crippen LogP contribution in [0.4, 0.5) is 5.82 Å². The predicted molar refractivity (Wildman–Crippen MR) is 98.3 cm³/mol. The van der Waals surface area contributed by atoms with Gasteiger partial charge in [-0.15, -0.1) is 0 Å². The average Bonchev–Trinajstić information content (AvgIpc) is 2.65. The molecule has 0 aliphatic carbocycles. The molecule has 1 aliphatic rings. The second kappa shape index (κ2) is 6.88. The Kier molecular flexibility index (Phi) is 4.12. The number of hydrogen-bond acceptors (Lipinski definition) is 5. The van der Waals surface area contributed by atoms with Gasteiger partial charge < -0.3 is 4.74 Å². The summed E-state index contributed by atoms with van der Waals surface area (Å²) < 4.78 is 5.63. The van der Waals surface area contributed by atoms with Crippen molar-refractivity contribution in [1.29, 1.82) is 0 Å². The molecule has 0 radical (unpaired) electrons. The Hall–Kier alpha value is -3.60. The van der Waals surface area contributed by atoms with E-state index in [2.05, 4.69) is 15.0 Å². The highest BCUT2D eigenvalue weighted by Crippen LogP contribution is 2.25. The molecular formula is C20H14N4O. The number of rotatable bonds is 0. The van der Waals surface area contributed by atoms with Gasteiger partial charge >= 0.3 is 0 Å². The van der Waals surface area contributed by atoms with Gasteiger partial charge in [-0.25, -0.2) is 15.0 Å². The minimum absolute atomic E-state index is 0.595. The van der Waals surface area contributed by atoms with Gasteiger partial charge in [0.05, 0.1) is 17.1 Å². The van der Waals surface area contributed by atoms with E-state index < -0.39 is 0 Å². The second-order valence-corrected chi connectivity index (χ2v) is 5.31. The number of ether oxygens (including phenoxy) is 1. The SMILES string of the molecule is C1=C\C=N/C=c2/cccc/c2=N/c2ncnc3ccc(cc23)O\C=C/1. The highest BCUT2D eigenvalue weighted by molar-refractivity contribution is 5.88. The maximum atomic E-state index is 5.63. The lowest BCUT2D eigenvalue weighted by molar-refractivity contribution is 0.482. The Morgan fingerprint density at radius 1 is 0.880 bits per heavy atom. The maximum Gasteiger partial charge on any atom is 0.163 e. The quantitative estimate of drug-likeness (QED) is 0.638. The van der Waals surface area contributed by atoms with Gasteiger partial charge in [0.25, 0.3) is 0 Å². The van der Waals surface area contributed by atoms with Crippen LogP contribution in [0.15, 0.2) is 83.3 Å². The van der Waals surface area contributed by atoms with Crippen molar-refractivity contribution in [2.45, 2.75) is 0 Å². The van der Waals surface area contributed by atoms with Gasteiger partial charge in [-0.2, -0.15) is 0 Å². The van der Waals surface area contributed by atoms with Gasteiger partial charge in [0, 0.05) is 23.0 Å². The maximum absolute atomic E-state index is 5.63. The van der Waals surface area contributed by atoms with Crippen LogP contribution in [0.3, 0.4) is 0 Å². The number of aromatic nitrogens is 2. The van der Waals surface area contributed by atoms with E-state index in [0.29, 0.717) is 11.6 Å². The minimum Gasteiger partial charge on any atom is -0.465 e. The fraction of sp³-hybridized carbons (Fsp3) is 0. The fourth-order valence-corrected chi connectivity index (χ4v) is 2.45. The largest absolute Gasteiger partial charge is 0.465 e. The van der Waals surface area contributed by atoms with Crippen molar-refractivity contribution >= 4 is 29.1 Å². The first-order valence-electron chi connectivity index (χ1n) is 7.80. The van der Waals surface area contributed by atoms with Crippen LogP contribution >= 0.6 is 0 Å². The lowest BCUT2D eigenvalue weighted by atomic mass is 10.2. The van der Waals surface area contributed by atoms with Gasteiger partial charge in [-0.1, -0.05) is 24.3 Å². The molecule has 2 aromatic carbocycles. The molecule has 5 heteroatoms. The lowest BCUT2D eigenvalue weighted by Crippen LogP contribution is -2.23. The van der Waals surface area contributed by atoms with Crippen LogP contribution < -0.4 is 15.3 Å². The molecule has 0 saturated carbocycles. The number of allylic oxidation sites excluding steroid dienone is 3. The van der Waals surface area contributed by atoms with E-state index in [4.69, 9.17) is 9.73 Å². The van der Waals surface area contributed by atoms with Crippen LogP contribution in [0, 0.1) is 0 Å². The molecule has 0 amide bonds. The summed E-state index contributed by atoms with van der Waals surface area (Å²) in [7, 11) is 0. The smallest absolute Gasteiger partial charge is 0.163 e. The number of aliphatic imine (C=N–C) groups is 1. The standard InChI is InChI=1S/C20H14N4O/c1-4-10-21-13-15-6-2-3-7-18(15)24-20-17-12-16(25-11-5-1)8-9-19(17)22-14-23-20/h1-14H/b4-1-,11-5-,15-13-,21-10-,24-18-. The van der Waals surface area contributed by atoms with E-state index in [9.17, 15) is 0 Å². The van der Waals surface area contributed by atoms with Crippen LogP contribution in [-0.4, -0.2) is 16.2 Å². The summed E-state index contributed by atoms with van der Waals surface area (Å²) in [6, 6.07) is 13.5. The van der Waals surface area contributed by atoms with Crippen molar-refractivity contribution in [3.63, 3.8) is 0 Å². The molecule has 0 saturated heterocycles. The molecule has 0 unspecified atom stereocenters. The average molecular weight is 326 g/mol. The van der Waals surface area contributed by atoms with E-state index in [-0.39, 0.29) is 0 Å². The van der Waals surface area contributed by atoms with Gasteiger partial charge in [0.2, 0.25) is 0 Å². The highest BCUT2D eigenvalue weighted by atomic mass is 16.5. The third kappa shape index (κ3) is 3.35. The van der Waals surface area contributed by atoms with E-state index in [0.717, 1.165) is 21.5 Å². The normalized spacial score (nSPS) is 19.8. The van der Waals surface area contributed by atoms with E-state index >= 15 is 0 Å². The van der Waals surface area contributed by atoms with Crippen molar-refractivity contribution in [1.82, 2.24) is 9.97 Å². The molecule has 0 spiro atoms. The number of hydrogen-bond donors (Lipinski definition) is 0. The molecule has 5 nitrogen and oxygen atoms in total. The summed E-state index contributed by atoms with van der Waals surface area (Å²) in [5, 5.41) is 2.54. The van der Waals surface area contributed by atoms with Crippen LogP contribution in [0.1, 0.15) is 0 Å². The van der Waals surface area contributed by atoms with Gasteiger partial charge in [0.1, 0.15) is 12.1 Å². The Bertz CT molecular complexity index is 1130. The van der Waals surface area contributed by atoms with Crippen molar-refractivity contribution in [3.8, 4) is 5.75 Å². The Balaban J connectivity index is 2.02. The molecular weight excluding hydrogens is 312 g/mol. The van der Waals surface area contributed by atoms with Gasteiger partial charge in [-0.3, -0.25) is 4.99 Å². The first kappa shape index (κ1) is 15.0. The third-order valence-electron chi connectivity index (χ3n) is 3.64. The van der Waals surface area contributed by atoms with Crippen LogP contribution in [-0.2, 0) is 0 Å². The number of para-hydroxylation sites is 1. The first-order chi connectivity index (χ1) is 12.4. The summed E-state index contributed by atoms with van der Waals surface area (Å²) in [6.07, 6.45) is 12.1. The Morgan fingerprint density at radius 3 is 2.84 bits per heavy atom. The zero-order valence-electron chi connectivity index (χ0n) is 13.3. The molecule has 25 heavy (non-hydrogen) atoms. The molecule has 4 rings (SSSR count). The summed E-state index contributed by atoms with van der Waals surface area (Å²) in [5.74, 6) is 1.30. The number of benzene rings is 2. The molecule has 1 aromatic heterocycles. The first-order valence-corrected chi connectivity index (χ1v) is 7.80. The zero-order valence-corrected chi connectivity index (χ0v) is 13.3. The van der Waals surface area contributed by atoms with Crippen LogP contribution in [0.2, 0.25) is 0 Å². The Morgan fingerprint density at radius 2 is 1.84 bits per heavy atom. The Labute approximate surface area is 144 Å².